The fourth-order valence-electron chi connectivity index (χ4n) is 3.17. The maximum atomic E-state index is 12.6. The van der Waals surface area contributed by atoms with E-state index in [0.29, 0.717) is 43.6 Å². The zero-order chi connectivity index (χ0) is 18.0. The lowest BCUT2D eigenvalue weighted by Gasteiger charge is -2.35. The van der Waals surface area contributed by atoms with E-state index < -0.39 is 10.0 Å². The molecule has 0 N–H and O–H groups in total. The van der Waals surface area contributed by atoms with Crippen molar-refractivity contribution in [2.75, 3.05) is 62.3 Å². The summed E-state index contributed by atoms with van der Waals surface area (Å²) in [6.45, 7) is 5.20. The SMILES string of the molecule is O=S(=O)(c1cccs1)N1CCN(c2cc(N3CCOCC3)ncn2)CC1. The predicted molar refractivity (Wildman–Crippen MR) is 100 cm³/mol. The third-order valence-electron chi connectivity index (χ3n) is 4.63. The van der Waals surface area contributed by atoms with E-state index in [1.165, 1.54) is 11.3 Å². The summed E-state index contributed by atoms with van der Waals surface area (Å²) < 4.78 is 32.6. The number of morpholine rings is 1. The molecule has 2 fully saturated rings. The molecule has 26 heavy (non-hydrogen) atoms. The highest BCUT2D eigenvalue weighted by atomic mass is 32.2. The van der Waals surface area contributed by atoms with Crippen molar-refractivity contribution in [3.63, 3.8) is 0 Å². The number of ether oxygens (including phenoxy) is 1. The van der Waals surface area contributed by atoms with Gasteiger partial charge < -0.3 is 14.5 Å². The molecule has 0 spiro atoms. The van der Waals surface area contributed by atoms with Crippen molar-refractivity contribution < 1.29 is 13.2 Å². The van der Waals surface area contributed by atoms with Crippen molar-refractivity contribution in [2.45, 2.75) is 4.21 Å². The molecule has 0 saturated carbocycles. The molecule has 0 amide bonds. The average Bonchev–Trinajstić information content (AvgIpc) is 3.25. The lowest BCUT2D eigenvalue weighted by molar-refractivity contribution is 0.122. The monoisotopic (exact) mass is 395 g/mol. The van der Waals surface area contributed by atoms with E-state index >= 15 is 0 Å². The summed E-state index contributed by atoms with van der Waals surface area (Å²) in [7, 11) is -3.38. The first-order chi connectivity index (χ1) is 12.6. The first-order valence-electron chi connectivity index (χ1n) is 8.58. The number of nitrogens with zero attached hydrogens (tertiary/aromatic N) is 5. The van der Waals surface area contributed by atoms with Crippen LogP contribution in [0.3, 0.4) is 0 Å². The minimum Gasteiger partial charge on any atom is -0.378 e. The summed E-state index contributed by atoms with van der Waals surface area (Å²) in [5, 5.41) is 1.79. The quantitative estimate of drug-likeness (QED) is 0.761. The van der Waals surface area contributed by atoms with Gasteiger partial charge in [-0.05, 0) is 11.4 Å². The molecule has 140 valence electrons. The van der Waals surface area contributed by atoms with E-state index in [9.17, 15) is 8.42 Å². The Bertz CT molecular complexity index is 829. The van der Waals surface area contributed by atoms with Gasteiger partial charge in [-0.1, -0.05) is 6.07 Å². The van der Waals surface area contributed by atoms with Crippen molar-refractivity contribution in [1.29, 1.82) is 0 Å². The fraction of sp³-hybridized carbons (Fsp3) is 0.500. The second-order valence-electron chi connectivity index (χ2n) is 6.16. The van der Waals surface area contributed by atoms with Gasteiger partial charge in [-0.3, -0.25) is 0 Å². The zero-order valence-electron chi connectivity index (χ0n) is 14.3. The number of hydrogen-bond donors (Lipinski definition) is 0. The molecule has 10 heteroatoms. The number of sulfonamides is 1. The van der Waals surface area contributed by atoms with Gasteiger partial charge in [0.05, 0.1) is 13.2 Å². The fourth-order valence-corrected chi connectivity index (χ4v) is 5.74. The standard InChI is InChI=1S/C16H21N5O3S2/c22-26(23,16-2-1-11-25-16)21-5-3-19(4-6-21)14-12-15(18-13-17-14)20-7-9-24-10-8-20/h1-2,11-13H,3-10H2. The summed E-state index contributed by atoms with van der Waals surface area (Å²) in [5.41, 5.74) is 0. The first-order valence-corrected chi connectivity index (χ1v) is 10.9. The molecule has 0 aromatic carbocycles. The van der Waals surface area contributed by atoms with Crippen molar-refractivity contribution in [1.82, 2.24) is 14.3 Å². The maximum Gasteiger partial charge on any atom is 0.252 e. The summed E-state index contributed by atoms with van der Waals surface area (Å²) in [5.74, 6) is 1.74. The van der Waals surface area contributed by atoms with Crippen LogP contribution in [-0.4, -0.2) is 75.2 Å². The van der Waals surface area contributed by atoms with E-state index in [-0.39, 0.29) is 0 Å². The van der Waals surface area contributed by atoms with Crippen LogP contribution in [-0.2, 0) is 14.8 Å². The van der Waals surface area contributed by atoms with E-state index in [4.69, 9.17) is 4.74 Å². The zero-order valence-corrected chi connectivity index (χ0v) is 16.0. The van der Waals surface area contributed by atoms with Crippen molar-refractivity contribution in [3.05, 3.63) is 29.9 Å². The average molecular weight is 396 g/mol. The molecule has 2 aromatic rings. The van der Waals surface area contributed by atoms with Crippen LogP contribution in [0.4, 0.5) is 11.6 Å². The van der Waals surface area contributed by atoms with Crippen molar-refractivity contribution in [3.8, 4) is 0 Å². The topological polar surface area (TPSA) is 78.9 Å². The Kier molecular flexibility index (Phi) is 5.07. The Morgan fingerprint density at radius 3 is 2.23 bits per heavy atom. The first kappa shape index (κ1) is 17.7. The summed E-state index contributed by atoms with van der Waals surface area (Å²) in [6, 6.07) is 5.40. The Morgan fingerprint density at radius 2 is 1.62 bits per heavy atom. The smallest absolute Gasteiger partial charge is 0.252 e. The van der Waals surface area contributed by atoms with Gasteiger partial charge in [-0.25, -0.2) is 18.4 Å². The normalized spacial score (nSPS) is 19.7. The van der Waals surface area contributed by atoms with Gasteiger partial charge in [0, 0.05) is 45.3 Å². The second-order valence-corrected chi connectivity index (χ2v) is 9.27. The molecule has 2 aliphatic rings. The van der Waals surface area contributed by atoms with E-state index in [2.05, 4.69) is 19.8 Å². The molecule has 0 bridgehead atoms. The molecule has 8 nitrogen and oxygen atoms in total. The molecule has 0 unspecified atom stereocenters. The summed E-state index contributed by atoms with van der Waals surface area (Å²) in [6.07, 6.45) is 1.58. The number of hydrogen-bond acceptors (Lipinski definition) is 8. The molecule has 0 aliphatic carbocycles. The molecular weight excluding hydrogens is 374 g/mol. The third kappa shape index (κ3) is 3.54. The Morgan fingerprint density at radius 1 is 0.962 bits per heavy atom. The second kappa shape index (κ2) is 7.47. The van der Waals surface area contributed by atoms with Crippen LogP contribution in [0, 0.1) is 0 Å². The van der Waals surface area contributed by atoms with Crippen LogP contribution in [0.1, 0.15) is 0 Å². The van der Waals surface area contributed by atoms with Gasteiger partial charge >= 0.3 is 0 Å². The molecular formula is C16H21N5O3S2. The van der Waals surface area contributed by atoms with Gasteiger partial charge in [-0.15, -0.1) is 11.3 Å². The van der Waals surface area contributed by atoms with Gasteiger partial charge in [0.2, 0.25) is 0 Å². The molecule has 2 aromatic heterocycles. The predicted octanol–water partition coefficient (Wildman–Crippen LogP) is 0.886. The number of aromatic nitrogens is 2. The van der Waals surface area contributed by atoms with E-state index in [1.807, 2.05) is 6.07 Å². The van der Waals surface area contributed by atoms with Gasteiger partial charge in [0.1, 0.15) is 22.2 Å². The number of anilines is 2. The minimum atomic E-state index is -3.38. The Labute approximate surface area is 157 Å². The van der Waals surface area contributed by atoms with Crippen LogP contribution in [0.5, 0.6) is 0 Å². The minimum absolute atomic E-state index is 0.405. The van der Waals surface area contributed by atoms with Crippen molar-refractivity contribution >= 4 is 33.0 Å². The largest absolute Gasteiger partial charge is 0.378 e. The van der Waals surface area contributed by atoms with E-state index in [0.717, 1.165) is 24.7 Å². The summed E-state index contributed by atoms with van der Waals surface area (Å²) in [4.78, 5) is 13.1. The third-order valence-corrected chi connectivity index (χ3v) is 7.90. The highest BCUT2D eigenvalue weighted by molar-refractivity contribution is 7.91. The maximum absolute atomic E-state index is 12.6. The summed E-state index contributed by atoms with van der Waals surface area (Å²) >= 11 is 1.26. The van der Waals surface area contributed by atoms with Crippen molar-refractivity contribution in [2.24, 2.45) is 0 Å². The number of rotatable bonds is 4. The van der Waals surface area contributed by atoms with Gasteiger partial charge in [0.25, 0.3) is 10.0 Å². The highest BCUT2D eigenvalue weighted by Gasteiger charge is 2.29. The molecule has 4 heterocycles. The van der Waals surface area contributed by atoms with Crippen LogP contribution < -0.4 is 9.80 Å². The van der Waals surface area contributed by atoms with Gasteiger partial charge in [0.15, 0.2) is 0 Å². The van der Waals surface area contributed by atoms with Crippen LogP contribution >= 0.6 is 11.3 Å². The van der Waals surface area contributed by atoms with E-state index in [1.54, 1.807) is 28.1 Å². The molecule has 0 atom stereocenters. The molecule has 4 rings (SSSR count). The Hall–Kier alpha value is -1.75. The van der Waals surface area contributed by atoms with Crippen LogP contribution in [0.15, 0.2) is 34.1 Å². The lowest BCUT2D eigenvalue weighted by atomic mass is 10.3. The van der Waals surface area contributed by atoms with Crippen LogP contribution in [0.2, 0.25) is 0 Å². The molecule has 2 saturated heterocycles. The number of thiophene rings is 1. The van der Waals surface area contributed by atoms with Gasteiger partial charge in [-0.2, -0.15) is 4.31 Å². The van der Waals surface area contributed by atoms with Crippen LogP contribution in [0.25, 0.3) is 0 Å². The Balaban J connectivity index is 1.43. The molecule has 2 aliphatic heterocycles. The number of piperazine rings is 1. The molecule has 0 radical (unpaired) electrons. The highest BCUT2D eigenvalue weighted by Crippen LogP contribution is 2.24. The lowest BCUT2D eigenvalue weighted by Crippen LogP contribution is -2.48.